The van der Waals surface area contributed by atoms with Crippen LogP contribution in [-0.4, -0.2) is 80.3 Å². The van der Waals surface area contributed by atoms with Gasteiger partial charge in [-0.25, -0.2) is 0 Å². The molecule has 2 heterocycles. The van der Waals surface area contributed by atoms with Crippen LogP contribution in [0.25, 0.3) is 0 Å². The Morgan fingerprint density at radius 1 is 1.00 bits per heavy atom. The van der Waals surface area contributed by atoms with Crippen molar-refractivity contribution in [3.63, 3.8) is 0 Å². The third-order valence-corrected chi connectivity index (χ3v) is 3.19. The van der Waals surface area contributed by atoms with Crippen molar-refractivity contribution in [3.05, 3.63) is 0 Å². The predicted molar refractivity (Wildman–Crippen MR) is 89.1 cm³/mol. The number of carbonyl (C=O) groups is 2. The van der Waals surface area contributed by atoms with Gasteiger partial charge in [0.2, 0.25) is 0 Å². The van der Waals surface area contributed by atoms with Gasteiger partial charge in [0.05, 0.1) is 33.2 Å². The normalized spacial score (nSPS) is 21.1. The van der Waals surface area contributed by atoms with E-state index in [0.717, 1.165) is 39.8 Å². The summed E-state index contributed by atoms with van der Waals surface area (Å²) in [5.74, 6) is -0.184. The standard InChI is InChI=1S/C7H12O3.C6H10O3.CH4O.H2O4S/c1-9-7(8)4-6-2-3-10-5-6;7-6(8)3-5-1-2-9-4-5;1-2;1-5(2,3)4/h6H,2-5H2,1H3;5H,1-4H2,(H,7,8);2H,1H3;(H2,1,2,3,4). The lowest BCUT2D eigenvalue weighted by molar-refractivity contribution is -0.141. The van der Waals surface area contributed by atoms with E-state index in [2.05, 4.69) is 4.74 Å². The van der Waals surface area contributed by atoms with Crippen LogP contribution in [0.4, 0.5) is 0 Å². The van der Waals surface area contributed by atoms with Crippen molar-refractivity contribution in [2.75, 3.05) is 40.6 Å². The summed E-state index contributed by atoms with van der Waals surface area (Å²) < 4.78 is 46.2. The molecule has 156 valence electrons. The molecule has 4 N–H and O–H groups in total. The summed E-state index contributed by atoms with van der Waals surface area (Å²) in [6.07, 6.45) is 2.68. The minimum Gasteiger partial charge on any atom is -0.481 e. The Kier molecular flexibility index (Phi) is 16.5. The first-order valence-electron chi connectivity index (χ1n) is 7.70. The Morgan fingerprint density at radius 2 is 1.38 bits per heavy atom. The molecule has 2 unspecified atom stereocenters. The highest BCUT2D eigenvalue weighted by atomic mass is 32.3. The lowest BCUT2D eigenvalue weighted by Crippen LogP contribution is -2.09. The highest BCUT2D eigenvalue weighted by molar-refractivity contribution is 7.79. The summed E-state index contributed by atoms with van der Waals surface area (Å²) in [6, 6.07) is 0. The number of aliphatic hydroxyl groups excluding tert-OH is 1. The fraction of sp³-hybridized carbons (Fsp3) is 0.857. The first kappa shape index (κ1) is 26.9. The smallest absolute Gasteiger partial charge is 0.394 e. The van der Waals surface area contributed by atoms with Gasteiger partial charge in [-0.15, -0.1) is 0 Å². The van der Waals surface area contributed by atoms with Crippen LogP contribution >= 0.6 is 0 Å². The number of aliphatic hydroxyl groups is 1. The van der Waals surface area contributed by atoms with Crippen LogP contribution in [0.1, 0.15) is 25.7 Å². The Labute approximate surface area is 152 Å². The Balaban J connectivity index is 0. The number of carboxylic acids is 1. The van der Waals surface area contributed by atoms with Crippen LogP contribution in [0.2, 0.25) is 0 Å². The second kappa shape index (κ2) is 15.9. The zero-order valence-electron chi connectivity index (χ0n) is 14.9. The van der Waals surface area contributed by atoms with Crippen molar-refractivity contribution in [3.8, 4) is 0 Å². The van der Waals surface area contributed by atoms with Gasteiger partial charge >= 0.3 is 22.3 Å². The molecule has 0 aromatic heterocycles. The lowest BCUT2D eigenvalue weighted by atomic mass is 10.1. The van der Waals surface area contributed by atoms with Crippen LogP contribution in [0.3, 0.4) is 0 Å². The Morgan fingerprint density at radius 3 is 1.65 bits per heavy atom. The maximum absolute atomic E-state index is 10.7. The van der Waals surface area contributed by atoms with Gasteiger partial charge in [0.15, 0.2) is 0 Å². The van der Waals surface area contributed by atoms with E-state index in [1.165, 1.54) is 7.11 Å². The molecule has 2 atom stereocenters. The molecule has 0 aliphatic carbocycles. The summed E-state index contributed by atoms with van der Waals surface area (Å²) in [6.45, 7) is 2.88. The van der Waals surface area contributed by atoms with Crippen molar-refractivity contribution < 1.29 is 51.5 Å². The molecule has 2 rings (SSSR count). The number of rotatable bonds is 4. The molecule has 0 saturated carbocycles. The van der Waals surface area contributed by atoms with Gasteiger partial charge in [-0.3, -0.25) is 18.7 Å². The van der Waals surface area contributed by atoms with E-state index in [4.69, 9.17) is 37.2 Å². The molecule has 2 fully saturated rings. The monoisotopic (exact) mass is 404 g/mol. The minimum atomic E-state index is -4.67. The number of aliphatic carboxylic acids is 1. The number of methoxy groups -OCH3 is 1. The average molecular weight is 404 g/mol. The molecule has 12 heteroatoms. The molecule has 0 spiro atoms. The fourth-order valence-corrected chi connectivity index (χ4v) is 2.05. The molecular formula is C14H28O11S. The molecule has 11 nitrogen and oxygen atoms in total. The van der Waals surface area contributed by atoms with E-state index in [1.807, 2.05) is 0 Å². The molecule has 2 saturated heterocycles. The Hall–Kier alpha value is -1.31. The van der Waals surface area contributed by atoms with E-state index in [1.54, 1.807) is 0 Å². The predicted octanol–water partition coefficient (Wildman–Crippen LogP) is 0.0393. The van der Waals surface area contributed by atoms with Gasteiger partial charge in [-0.05, 0) is 24.7 Å². The van der Waals surface area contributed by atoms with Gasteiger partial charge in [0.25, 0.3) is 0 Å². The van der Waals surface area contributed by atoms with Crippen LogP contribution in [0.5, 0.6) is 0 Å². The molecule has 26 heavy (non-hydrogen) atoms. The van der Waals surface area contributed by atoms with Crippen LogP contribution in [0, 0.1) is 11.8 Å². The summed E-state index contributed by atoms with van der Waals surface area (Å²) in [4.78, 5) is 20.8. The molecule has 0 aromatic rings. The number of hydrogen-bond donors (Lipinski definition) is 4. The van der Waals surface area contributed by atoms with Gasteiger partial charge in [-0.2, -0.15) is 8.42 Å². The van der Waals surface area contributed by atoms with E-state index >= 15 is 0 Å². The first-order valence-corrected chi connectivity index (χ1v) is 9.10. The number of carbonyl (C=O) groups excluding carboxylic acids is 1. The van der Waals surface area contributed by atoms with Gasteiger partial charge < -0.3 is 24.4 Å². The Bertz CT molecular complexity index is 457. The maximum atomic E-state index is 10.7. The van der Waals surface area contributed by atoms with Gasteiger partial charge in [-0.1, -0.05) is 0 Å². The van der Waals surface area contributed by atoms with Crippen molar-refractivity contribution in [2.24, 2.45) is 11.8 Å². The van der Waals surface area contributed by atoms with Crippen molar-refractivity contribution in [1.29, 1.82) is 0 Å². The van der Waals surface area contributed by atoms with E-state index in [-0.39, 0.29) is 18.3 Å². The third-order valence-electron chi connectivity index (χ3n) is 3.19. The molecule has 0 amide bonds. The summed E-state index contributed by atoms with van der Waals surface area (Å²) >= 11 is 0. The van der Waals surface area contributed by atoms with Crippen LogP contribution in [0.15, 0.2) is 0 Å². The number of esters is 1. The average Bonchev–Trinajstić information content (AvgIpc) is 3.21. The molecular weight excluding hydrogens is 376 g/mol. The zero-order valence-corrected chi connectivity index (χ0v) is 15.7. The molecule has 0 bridgehead atoms. The van der Waals surface area contributed by atoms with Crippen molar-refractivity contribution >= 4 is 22.3 Å². The second-order valence-corrected chi connectivity index (χ2v) is 6.18. The summed E-state index contributed by atoms with van der Waals surface area (Å²) in [5, 5.41) is 15.3. The highest BCUT2D eigenvalue weighted by Crippen LogP contribution is 2.16. The molecule has 0 radical (unpaired) electrons. The van der Waals surface area contributed by atoms with Gasteiger partial charge in [0.1, 0.15) is 0 Å². The van der Waals surface area contributed by atoms with Gasteiger partial charge in [0, 0.05) is 20.3 Å². The van der Waals surface area contributed by atoms with E-state index < -0.39 is 16.4 Å². The lowest BCUT2D eigenvalue weighted by Gasteiger charge is -2.03. The molecule has 2 aliphatic rings. The zero-order chi connectivity index (χ0) is 20.6. The minimum absolute atomic E-state index is 0.129. The molecule has 0 aromatic carbocycles. The fourth-order valence-electron chi connectivity index (χ4n) is 2.05. The second-order valence-electron chi connectivity index (χ2n) is 5.29. The third kappa shape index (κ3) is 20.7. The van der Waals surface area contributed by atoms with Crippen molar-refractivity contribution in [1.82, 2.24) is 0 Å². The van der Waals surface area contributed by atoms with Crippen molar-refractivity contribution in [2.45, 2.75) is 25.7 Å². The van der Waals surface area contributed by atoms with Crippen LogP contribution in [-0.2, 0) is 34.2 Å². The maximum Gasteiger partial charge on any atom is 0.394 e. The highest BCUT2D eigenvalue weighted by Gasteiger charge is 2.19. The summed E-state index contributed by atoms with van der Waals surface area (Å²) in [7, 11) is -2.25. The SMILES string of the molecule is CO.COC(=O)CC1CCOC1.O=C(O)CC1CCOC1.O=S(=O)(O)O. The molecule has 2 aliphatic heterocycles. The quantitative estimate of drug-likeness (QED) is 0.367. The van der Waals surface area contributed by atoms with E-state index in [0.29, 0.717) is 18.9 Å². The summed E-state index contributed by atoms with van der Waals surface area (Å²) in [5.41, 5.74) is 0. The van der Waals surface area contributed by atoms with E-state index in [9.17, 15) is 9.59 Å². The topological polar surface area (TPSA) is 177 Å². The largest absolute Gasteiger partial charge is 0.481 e. The number of hydrogen-bond acceptors (Lipinski definition) is 8. The first-order chi connectivity index (χ1) is 12.1. The number of ether oxygens (including phenoxy) is 3. The number of carboxylic acid groups (broad SMARTS) is 1. The van der Waals surface area contributed by atoms with Crippen LogP contribution < -0.4 is 0 Å².